The smallest absolute Gasteiger partial charge is 0.321 e. The van der Waals surface area contributed by atoms with E-state index < -0.39 is 22.5 Å². The van der Waals surface area contributed by atoms with Gasteiger partial charge in [-0.1, -0.05) is 11.6 Å². The number of carbonyl (C=O) groups excluding carboxylic acids is 1. The summed E-state index contributed by atoms with van der Waals surface area (Å²) in [6, 6.07) is 2.78. The van der Waals surface area contributed by atoms with Crippen molar-refractivity contribution < 1.29 is 22.7 Å². The molecular formula is C12H15BrClNO5S. The molecule has 118 valence electrons. The second-order valence-corrected chi connectivity index (χ2v) is 7.29. The second kappa shape index (κ2) is 7.44. The highest BCUT2D eigenvalue weighted by Gasteiger charge is 2.28. The zero-order valence-electron chi connectivity index (χ0n) is 11.7. The van der Waals surface area contributed by atoms with Crippen molar-refractivity contribution in [3.63, 3.8) is 0 Å². The van der Waals surface area contributed by atoms with Gasteiger partial charge in [-0.25, -0.2) is 8.42 Å². The van der Waals surface area contributed by atoms with Gasteiger partial charge in [0.2, 0.25) is 10.0 Å². The van der Waals surface area contributed by atoms with Crippen LogP contribution in [0.25, 0.3) is 0 Å². The Hall–Kier alpha value is -0.830. The third-order valence-electron chi connectivity index (χ3n) is 2.52. The molecule has 0 aromatic heterocycles. The van der Waals surface area contributed by atoms with E-state index in [4.69, 9.17) is 21.1 Å². The van der Waals surface area contributed by atoms with Crippen LogP contribution in [0, 0.1) is 0 Å². The van der Waals surface area contributed by atoms with Gasteiger partial charge in [-0.2, -0.15) is 4.31 Å². The molecule has 1 aromatic carbocycles. The number of esters is 1. The monoisotopic (exact) mass is 399 g/mol. The first kappa shape index (κ1) is 18.2. The van der Waals surface area contributed by atoms with Crippen LogP contribution in [0.4, 0.5) is 0 Å². The van der Waals surface area contributed by atoms with Crippen molar-refractivity contribution in [2.45, 2.75) is 11.8 Å². The molecule has 0 atom stereocenters. The summed E-state index contributed by atoms with van der Waals surface area (Å²) in [7, 11) is -1.32. The third-order valence-corrected chi connectivity index (χ3v) is 5.14. The average Bonchev–Trinajstić information content (AvgIpc) is 2.37. The lowest BCUT2D eigenvalue weighted by atomic mass is 10.3. The summed E-state index contributed by atoms with van der Waals surface area (Å²) in [4.78, 5) is 11.3. The Labute approximate surface area is 137 Å². The lowest BCUT2D eigenvalue weighted by Gasteiger charge is -2.19. The molecule has 0 aliphatic carbocycles. The Kier molecular flexibility index (Phi) is 6.45. The first-order valence-corrected chi connectivity index (χ1v) is 8.50. The maximum Gasteiger partial charge on any atom is 0.321 e. The maximum absolute atomic E-state index is 12.5. The fourth-order valence-corrected chi connectivity index (χ4v) is 4.05. The lowest BCUT2D eigenvalue weighted by molar-refractivity contribution is -0.143. The molecule has 9 heteroatoms. The molecule has 0 amide bonds. The number of hydrogen-bond acceptors (Lipinski definition) is 5. The quantitative estimate of drug-likeness (QED) is 0.685. The van der Waals surface area contributed by atoms with Gasteiger partial charge in [0, 0.05) is 12.1 Å². The first-order valence-electron chi connectivity index (χ1n) is 5.89. The number of ether oxygens (including phenoxy) is 2. The van der Waals surface area contributed by atoms with Crippen molar-refractivity contribution in [1.29, 1.82) is 0 Å². The van der Waals surface area contributed by atoms with E-state index in [0.29, 0.717) is 4.47 Å². The number of nitrogens with zero attached hydrogens (tertiary/aromatic N) is 1. The zero-order valence-corrected chi connectivity index (χ0v) is 14.9. The second-order valence-electron chi connectivity index (χ2n) is 3.99. The molecule has 0 unspecified atom stereocenters. The van der Waals surface area contributed by atoms with E-state index in [0.717, 1.165) is 4.31 Å². The molecule has 0 fully saturated rings. The molecule has 0 bridgehead atoms. The fourth-order valence-electron chi connectivity index (χ4n) is 1.57. The minimum absolute atomic E-state index is 0.120. The van der Waals surface area contributed by atoms with Crippen LogP contribution in [-0.2, 0) is 19.6 Å². The maximum atomic E-state index is 12.5. The molecule has 0 radical (unpaired) electrons. The van der Waals surface area contributed by atoms with Crippen LogP contribution >= 0.6 is 27.5 Å². The Morgan fingerprint density at radius 1 is 1.43 bits per heavy atom. The number of sulfonamides is 1. The largest absolute Gasteiger partial charge is 0.494 e. The topological polar surface area (TPSA) is 72.9 Å². The molecule has 0 aliphatic rings. The summed E-state index contributed by atoms with van der Waals surface area (Å²) >= 11 is 9.08. The standard InChI is InChI=1S/C12H15BrClNO5S/c1-4-20-11(16)7-15(2)21(17,18)10-6-8(14)5-9(13)12(10)19-3/h5-6H,4,7H2,1-3H3. The molecule has 0 saturated heterocycles. The molecular weight excluding hydrogens is 386 g/mol. The average molecular weight is 401 g/mol. The van der Waals surface area contributed by atoms with Crippen molar-refractivity contribution in [1.82, 2.24) is 4.31 Å². The number of rotatable bonds is 6. The number of halogens is 2. The summed E-state index contributed by atoms with van der Waals surface area (Å²) in [6.45, 7) is 1.42. The van der Waals surface area contributed by atoms with E-state index >= 15 is 0 Å². The van der Waals surface area contributed by atoms with E-state index in [-0.39, 0.29) is 22.3 Å². The summed E-state index contributed by atoms with van der Waals surface area (Å²) in [6.07, 6.45) is 0. The molecule has 0 spiro atoms. The van der Waals surface area contributed by atoms with Crippen molar-refractivity contribution in [2.75, 3.05) is 27.3 Å². The highest BCUT2D eigenvalue weighted by molar-refractivity contribution is 9.10. The number of carbonyl (C=O) groups is 1. The van der Waals surface area contributed by atoms with E-state index in [1.807, 2.05) is 0 Å². The fraction of sp³-hybridized carbons (Fsp3) is 0.417. The number of methoxy groups -OCH3 is 1. The van der Waals surface area contributed by atoms with Crippen molar-refractivity contribution >= 4 is 43.5 Å². The Morgan fingerprint density at radius 2 is 2.05 bits per heavy atom. The van der Waals surface area contributed by atoms with Crippen LogP contribution in [0.15, 0.2) is 21.5 Å². The van der Waals surface area contributed by atoms with E-state index in [9.17, 15) is 13.2 Å². The Morgan fingerprint density at radius 3 is 2.57 bits per heavy atom. The predicted octanol–water partition coefficient (Wildman–Crippen LogP) is 2.29. The first-order chi connectivity index (χ1) is 9.73. The van der Waals surface area contributed by atoms with Crippen molar-refractivity contribution in [2.24, 2.45) is 0 Å². The van der Waals surface area contributed by atoms with Crippen LogP contribution in [0.2, 0.25) is 5.02 Å². The molecule has 1 aromatic rings. The van der Waals surface area contributed by atoms with Gasteiger partial charge in [0.05, 0.1) is 18.2 Å². The van der Waals surface area contributed by atoms with Crippen molar-refractivity contribution in [3.05, 3.63) is 21.6 Å². The van der Waals surface area contributed by atoms with E-state index in [1.54, 1.807) is 6.92 Å². The Bertz CT molecular complexity index is 635. The summed E-state index contributed by atoms with van der Waals surface area (Å²) in [5.74, 6) is -0.515. The van der Waals surface area contributed by atoms with Crippen molar-refractivity contribution in [3.8, 4) is 5.75 Å². The number of benzene rings is 1. The lowest BCUT2D eigenvalue weighted by Crippen LogP contribution is -2.33. The summed E-state index contributed by atoms with van der Waals surface area (Å²) in [5, 5.41) is 0.228. The highest BCUT2D eigenvalue weighted by Crippen LogP contribution is 2.36. The number of hydrogen-bond donors (Lipinski definition) is 0. The van der Waals surface area contributed by atoms with Crippen LogP contribution in [0.1, 0.15) is 6.92 Å². The minimum Gasteiger partial charge on any atom is -0.494 e. The van der Waals surface area contributed by atoms with Gasteiger partial charge in [0.15, 0.2) is 5.75 Å². The van der Waals surface area contributed by atoms with Gasteiger partial charge < -0.3 is 9.47 Å². The SMILES string of the molecule is CCOC(=O)CN(C)S(=O)(=O)c1cc(Cl)cc(Br)c1OC. The van der Waals surface area contributed by atoms with Gasteiger partial charge in [0.25, 0.3) is 0 Å². The number of likely N-dealkylation sites (N-methyl/N-ethyl adjacent to an activating group) is 1. The predicted molar refractivity (Wildman–Crippen MR) is 82.2 cm³/mol. The van der Waals surface area contributed by atoms with Crippen LogP contribution in [-0.4, -0.2) is 46.0 Å². The molecule has 0 N–H and O–H groups in total. The third kappa shape index (κ3) is 4.32. The van der Waals surface area contributed by atoms with Gasteiger partial charge >= 0.3 is 5.97 Å². The van der Waals surface area contributed by atoms with E-state index in [2.05, 4.69) is 15.9 Å². The molecule has 0 saturated carbocycles. The van der Waals surface area contributed by atoms with Crippen LogP contribution in [0.5, 0.6) is 5.75 Å². The van der Waals surface area contributed by atoms with Gasteiger partial charge in [-0.15, -0.1) is 0 Å². The zero-order chi connectivity index (χ0) is 16.2. The van der Waals surface area contributed by atoms with Gasteiger partial charge in [0.1, 0.15) is 11.4 Å². The van der Waals surface area contributed by atoms with E-state index in [1.165, 1.54) is 26.3 Å². The molecule has 21 heavy (non-hydrogen) atoms. The van der Waals surface area contributed by atoms with Crippen LogP contribution < -0.4 is 4.74 Å². The van der Waals surface area contributed by atoms with Crippen LogP contribution in [0.3, 0.4) is 0 Å². The molecule has 0 heterocycles. The molecule has 0 aliphatic heterocycles. The molecule has 6 nitrogen and oxygen atoms in total. The molecule has 1 rings (SSSR count). The van der Waals surface area contributed by atoms with Gasteiger partial charge in [-0.3, -0.25) is 4.79 Å². The Balaban J connectivity index is 3.21. The normalized spacial score (nSPS) is 11.5. The highest BCUT2D eigenvalue weighted by atomic mass is 79.9. The summed E-state index contributed by atoms with van der Waals surface area (Å²) in [5.41, 5.74) is 0. The summed E-state index contributed by atoms with van der Waals surface area (Å²) < 4.78 is 36.1. The minimum atomic E-state index is -3.95. The van der Waals surface area contributed by atoms with Gasteiger partial charge in [-0.05, 0) is 35.0 Å².